The lowest BCUT2D eigenvalue weighted by molar-refractivity contribution is 0.102. The number of hydrogen-bond donors (Lipinski definition) is 2. The van der Waals surface area contributed by atoms with Crippen LogP contribution in [-0.4, -0.2) is 24.0 Å². The van der Waals surface area contributed by atoms with E-state index < -0.39 is 0 Å². The molecule has 0 aliphatic carbocycles. The van der Waals surface area contributed by atoms with Gasteiger partial charge in [-0.1, -0.05) is 30.3 Å². The van der Waals surface area contributed by atoms with Crippen LogP contribution in [0.5, 0.6) is 0 Å². The highest BCUT2D eigenvalue weighted by molar-refractivity contribution is 6.05. The third-order valence-corrected chi connectivity index (χ3v) is 4.93. The monoisotopic (exact) mass is 388 g/mol. The molecule has 1 amide bonds. The standard InChI is InChI=1S/C24H28N4O/c1-4-28(5-2)22-11-12-23(18(3)13-22)27-24(29)20-14-21(17-25-16-20)26-15-19-9-7-6-8-10-19/h6-14,16-17,26H,4-5,15H2,1-3H3,(H,27,29). The Labute approximate surface area is 172 Å². The average molecular weight is 389 g/mol. The van der Waals surface area contributed by atoms with Gasteiger partial charge in [-0.2, -0.15) is 0 Å². The summed E-state index contributed by atoms with van der Waals surface area (Å²) in [5.41, 5.74) is 5.53. The lowest BCUT2D eigenvalue weighted by Crippen LogP contribution is -2.22. The minimum absolute atomic E-state index is 0.167. The van der Waals surface area contributed by atoms with Crippen LogP contribution in [0.2, 0.25) is 0 Å². The van der Waals surface area contributed by atoms with Crippen LogP contribution in [0.1, 0.15) is 35.3 Å². The van der Waals surface area contributed by atoms with Gasteiger partial charge in [0.15, 0.2) is 0 Å². The van der Waals surface area contributed by atoms with E-state index in [1.54, 1.807) is 12.4 Å². The summed E-state index contributed by atoms with van der Waals surface area (Å²) in [7, 11) is 0. The van der Waals surface area contributed by atoms with Crippen molar-refractivity contribution in [3.05, 3.63) is 83.7 Å². The van der Waals surface area contributed by atoms with E-state index in [0.29, 0.717) is 12.1 Å². The fourth-order valence-corrected chi connectivity index (χ4v) is 3.23. The normalized spacial score (nSPS) is 10.4. The van der Waals surface area contributed by atoms with Crippen molar-refractivity contribution < 1.29 is 4.79 Å². The Balaban J connectivity index is 1.68. The van der Waals surface area contributed by atoms with Gasteiger partial charge in [0.25, 0.3) is 5.91 Å². The molecule has 3 aromatic rings. The number of anilines is 3. The molecule has 0 fully saturated rings. The molecule has 150 valence electrons. The van der Waals surface area contributed by atoms with E-state index in [0.717, 1.165) is 30.0 Å². The molecule has 0 atom stereocenters. The van der Waals surface area contributed by atoms with Crippen molar-refractivity contribution in [3.8, 4) is 0 Å². The molecule has 3 rings (SSSR count). The molecule has 0 radical (unpaired) electrons. The maximum Gasteiger partial charge on any atom is 0.257 e. The van der Waals surface area contributed by atoms with Gasteiger partial charge in [0.05, 0.1) is 11.3 Å². The number of aromatic nitrogens is 1. The van der Waals surface area contributed by atoms with Gasteiger partial charge < -0.3 is 15.5 Å². The van der Waals surface area contributed by atoms with Crippen molar-refractivity contribution in [2.45, 2.75) is 27.3 Å². The minimum atomic E-state index is -0.167. The van der Waals surface area contributed by atoms with E-state index in [4.69, 9.17) is 0 Å². The largest absolute Gasteiger partial charge is 0.380 e. The first kappa shape index (κ1) is 20.4. The number of aryl methyl sites for hydroxylation is 1. The second-order valence-corrected chi connectivity index (χ2v) is 6.93. The van der Waals surface area contributed by atoms with Crippen molar-refractivity contribution in [2.24, 2.45) is 0 Å². The van der Waals surface area contributed by atoms with E-state index in [9.17, 15) is 4.79 Å². The summed E-state index contributed by atoms with van der Waals surface area (Å²) < 4.78 is 0. The van der Waals surface area contributed by atoms with Gasteiger partial charge in [0, 0.05) is 43.4 Å². The van der Waals surface area contributed by atoms with Gasteiger partial charge in [-0.3, -0.25) is 9.78 Å². The van der Waals surface area contributed by atoms with Gasteiger partial charge in [0.1, 0.15) is 0 Å². The predicted molar refractivity (Wildman–Crippen MR) is 121 cm³/mol. The molecule has 2 N–H and O–H groups in total. The average Bonchev–Trinajstić information content (AvgIpc) is 2.76. The number of carbonyl (C=O) groups is 1. The van der Waals surface area contributed by atoms with Crippen LogP contribution in [0, 0.1) is 6.92 Å². The van der Waals surface area contributed by atoms with Crippen molar-refractivity contribution in [2.75, 3.05) is 28.6 Å². The summed E-state index contributed by atoms with van der Waals surface area (Å²) in [5.74, 6) is -0.167. The highest BCUT2D eigenvalue weighted by Gasteiger charge is 2.11. The quantitative estimate of drug-likeness (QED) is 0.564. The lowest BCUT2D eigenvalue weighted by atomic mass is 10.1. The number of amides is 1. The number of nitrogens with zero attached hydrogens (tertiary/aromatic N) is 2. The van der Waals surface area contributed by atoms with Gasteiger partial charge in [0.2, 0.25) is 0 Å². The molecule has 0 spiro atoms. The summed E-state index contributed by atoms with van der Waals surface area (Å²) >= 11 is 0. The van der Waals surface area contributed by atoms with Gasteiger partial charge in [-0.05, 0) is 56.2 Å². The molecular formula is C24H28N4O. The second kappa shape index (κ2) is 9.73. The van der Waals surface area contributed by atoms with Crippen LogP contribution < -0.4 is 15.5 Å². The fraction of sp³-hybridized carbons (Fsp3) is 0.250. The van der Waals surface area contributed by atoms with Crippen LogP contribution in [0.15, 0.2) is 67.0 Å². The third kappa shape index (κ3) is 5.35. The molecule has 2 aromatic carbocycles. The first-order valence-corrected chi connectivity index (χ1v) is 10.0. The van der Waals surface area contributed by atoms with Crippen molar-refractivity contribution in [1.82, 2.24) is 4.98 Å². The zero-order valence-corrected chi connectivity index (χ0v) is 17.3. The van der Waals surface area contributed by atoms with Crippen LogP contribution in [0.25, 0.3) is 0 Å². The number of nitrogens with one attached hydrogen (secondary N) is 2. The summed E-state index contributed by atoms with van der Waals surface area (Å²) in [4.78, 5) is 19.2. The van der Waals surface area contributed by atoms with Gasteiger partial charge >= 0.3 is 0 Å². The van der Waals surface area contributed by atoms with E-state index in [1.165, 1.54) is 11.3 Å². The van der Waals surface area contributed by atoms with Crippen LogP contribution in [0.3, 0.4) is 0 Å². The molecule has 1 aromatic heterocycles. The van der Waals surface area contributed by atoms with Crippen molar-refractivity contribution in [3.63, 3.8) is 0 Å². The van der Waals surface area contributed by atoms with Crippen LogP contribution in [0.4, 0.5) is 17.1 Å². The predicted octanol–water partition coefficient (Wildman–Crippen LogP) is 5.10. The minimum Gasteiger partial charge on any atom is -0.380 e. The third-order valence-electron chi connectivity index (χ3n) is 4.93. The lowest BCUT2D eigenvalue weighted by Gasteiger charge is -2.22. The van der Waals surface area contributed by atoms with E-state index in [1.807, 2.05) is 43.3 Å². The molecule has 5 heteroatoms. The summed E-state index contributed by atoms with van der Waals surface area (Å²) in [5, 5.41) is 6.32. The zero-order valence-electron chi connectivity index (χ0n) is 17.3. The summed E-state index contributed by atoms with van der Waals surface area (Å²) in [6.07, 6.45) is 3.31. The van der Waals surface area contributed by atoms with E-state index in [2.05, 4.69) is 52.6 Å². The molecule has 0 aliphatic rings. The fourth-order valence-electron chi connectivity index (χ4n) is 3.23. The number of hydrogen-bond acceptors (Lipinski definition) is 4. The molecule has 1 heterocycles. The number of carbonyl (C=O) groups excluding carboxylic acids is 1. The molecule has 29 heavy (non-hydrogen) atoms. The van der Waals surface area contributed by atoms with Crippen LogP contribution >= 0.6 is 0 Å². The first-order chi connectivity index (χ1) is 14.1. The number of rotatable bonds is 8. The van der Waals surface area contributed by atoms with Crippen LogP contribution in [-0.2, 0) is 6.54 Å². The second-order valence-electron chi connectivity index (χ2n) is 6.93. The Morgan fingerprint density at radius 3 is 2.45 bits per heavy atom. The summed E-state index contributed by atoms with van der Waals surface area (Å²) in [6, 6.07) is 18.1. The molecule has 5 nitrogen and oxygen atoms in total. The summed E-state index contributed by atoms with van der Waals surface area (Å²) in [6.45, 7) is 8.88. The molecule has 0 unspecified atom stereocenters. The molecule has 0 saturated carbocycles. The Hall–Kier alpha value is -3.34. The molecule has 0 aliphatic heterocycles. The van der Waals surface area contributed by atoms with Gasteiger partial charge in [-0.15, -0.1) is 0 Å². The Bertz CT molecular complexity index is 952. The van der Waals surface area contributed by atoms with E-state index in [-0.39, 0.29) is 5.91 Å². The molecule has 0 bridgehead atoms. The molecular weight excluding hydrogens is 360 g/mol. The number of benzene rings is 2. The number of pyridine rings is 1. The molecule has 0 saturated heterocycles. The maximum absolute atomic E-state index is 12.7. The topological polar surface area (TPSA) is 57.3 Å². The Morgan fingerprint density at radius 1 is 1.00 bits per heavy atom. The first-order valence-electron chi connectivity index (χ1n) is 10.0. The zero-order chi connectivity index (χ0) is 20.6. The Morgan fingerprint density at radius 2 is 1.76 bits per heavy atom. The highest BCUT2D eigenvalue weighted by Crippen LogP contribution is 2.23. The SMILES string of the molecule is CCN(CC)c1ccc(NC(=O)c2cncc(NCc3ccccc3)c2)c(C)c1. The maximum atomic E-state index is 12.7. The smallest absolute Gasteiger partial charge is 0.257 e. The van der Waals surface area contributed by atoms with Crippen molar-refractivity contribution >= 4 is 23.0 Å². The van der Waals surface area contributed by atoms with Crippen molar-refractivity contribution in [1.29, 1.82) is 0 Å². The van der Waals surface area contributed by atoms with E-state index >= 15 is 0 Å². The van der Waals surface area contributed by atoms with Gasteiger partial charge in [-0.25, -0.2) is 0 Å². The Kier molecular flexibility index (Phi) is 6.85. The highest BCUT2D eigenvalue weighted by atomic mass is 16.1.